The van der Waals surface area contributed by atoms with E-state index in [0.29, 0.717) is 6.42 Å². The van der Waals surface area contributed by atoms with Gasteiger partial charge in [-0.25, -0.2) is 4.79 Å². The molecule has 0 aromatic rings. The van der Waals surface area contributed by atoms with Gasteiger partial charge in [-0.15, -0.1) is 0 Å². The molecule has 4 unspecified atom stereocenters. The first-order chi connectivity index (χ1) is 11.3. The number of esters is 1. The Morgan fingerprint density at radius 1 is 1.38 bits per heavy atom. The first kappa shape index (κ1) is 18.5. The van der Waals surface area contributed by atoms with E-state index in [1.54, 1.807) is 0 Å². The zero-order chi connectivity index (χ0) is 17.9. The number of fused-ring (bicyclic) bond motifs is 1. The van der Waals surface area contributed by atoms with Crippen molar-refractivity contribution >= 4 is 17.8 Å². The summed E-state index contributed by atoms with van der Waals surface area (Å²) >= 11 is 0. The summed E-state index contributed by atoms with van der Waals surface area (Å²) in [7, 11) is 1.36. The lowest BCUT2D eigenvalue weighted by atomic mass is 9.92. The summed E-state index contributed by atoms with van der Waals surface area (Å²) in [5.74, 6) is -0.860. The Balaban J connectivity index is 2.11. The lowest BCUT2D eigenvalue weighted by Crippen LogP contribution is -2.43. The molecule has 0 spiro atoms. The van der Waals surface area contributed by atoms with Crippen molar-refractivity contribution in [3.8, 4) is 0 Å². The molecule has 0 bridgehead atoms. The lowest BCUT2D eigenvalue weighted by Gasteiger charge is -2.24. The smallest absolute Gasteiger partial charge is 0.407 e. The SMILES string of the molecule is CCCCC1=NOC2C(C(=O)OC)CC(NC(=O)OC(C)(C)C)C12. The first-order valence-electron chi connectivity index (χ1n) is 8.56. The van der Waals surface area contributed by atoms with Crippen LogP contribution in [0.1, 0.15) is 53.4 Å². The van der Waals surface area contributed by atoms with E-state index in [4.69, 9.17) is 14.3 Å². The Labute approximate surface area is 143 Å². The van der Waals surface area contributed by atoms with E-state index >= 15 is 0 Å². The van der Waals surface area contributed by atoms with Gasteiger partial charge in [-0.2, -0.15) is 0 Å². The van der Waals surface area contributed by atoms with Gasteiger partial charge in [0.2, 0.25) is 0 Å². The summed E-state index contributed by atoms with van der Waals surface area (Å²) in [5, 5.41) is 7.07. The zero-order valence-corrected chi connectivity index (χ0v) is 15.1. The molecule has 1 aliphatic carbocycles. The van der Waals surface area contributed by atoms with Crippen LogP contribution in [-0.2, 0) is 19.1 Å². The Morgan fingerprint density at radius 3 is 2.67 bits per heavy atom. The van der Waals surface area contributed by atoms with E-state index in [1.165, 1.54) is 7.11 Å². The van der Waals surface area contributed by atoms with Gasteiger partial charge in [-0.1, -0.05) is 18.5 Å². The number of rotatable bonds is 5. The third-order valence-electron chi connectivity index (χ3n) is 4.36. The monoisotopic (exact) mass is 340 g/mol. The van der Waals surface area contributed by atoms with E-state index in [9.17, 15) is 9.59 Å². The van der Waals surface area contributed by atoms with Gasteiger partial charge >= 0.3 is 12.1 Å². The highest BCUT2D eigenvalue weighted by Gasteiger charge is 2.54. The summed E-state index contributed by atoms with van der Waals surface area (Å²) < 4.78 is 10.2. The molecule has 0 aromatic heterocycles. The van der Waals surface area contributed by atoms with Crippen molar-refractivity contribution in [3.05, 3.63) is 0 Å². The number of hydrogen-bond acceptors (Lipinski definition) is 6. The number of carbonyl (C=O) groups is 2. The fourth-order valence-electron chi connectivity index (χ4n) is 3.34. The maximum Gasteiger partial charge on any atom is 0.407 e. The Morgan fingerprint density at radius 2 is 2.08 bits per heavy atom. The van der Waals surface area contributed by atoms with Crippen LogP contribution < -0.4 is 5.32 Å². The first-order valence-corrected chi connectivity index (χ1v) is 8.56. The normalized spacial score (nSPS) is 28.6. The van der Waals surface area contributed by atoms with Crippen molar-refractivity contribution < 1.29 is 23.9 Å². The lowest BCUT2D eigenvalue weighted by molar-refractivity contribution is -0.149. The third-order valence-corrected chi connectivity index (χ3v) is 4.36. The van der Waals surface area contributed by atoms with Gasteiger partial charge in [0.05, 0.1) is 24.7 Å². The molecular formula is C17H28N2O5. The second kappa shape index (κ2) is 7.40. The van der Waals surface area contributed by atoms with Crippen LogP contribution in [0, 0.1) is 11.8 Å². The molecule has 7 nitrogen and oxygen atoms in total. The van der Waals surface area contributed by atoms with Gasteiger partial charge in [0.25, 0.3) is 0 Å². The van der Waals surface area contributed by atoms with Gasteiger partial charge < -0.3 is 19.6 Å². The topological polar surface area (TPSA) is 86.2 Å². The van der Waals surface area contributed by atoms with Crippen molar-refractivity contribution in [2.45, 2.75) is 71.1 Å². The van der Waals surface area contributed by atoms with Crippen molar-refractivity contribution in [1.29, 1.82) is 0 Å². The average Bonchev–Trinajstić information content (AvgIpc) is 3.04. The van der Waals surface area contributed by atoms with Gasteiger partial charge in [0.15, 0.2) is 6.10 Å². The Bertz CT molecular complexity index is 512. The van der Waals surface area contributed by atoms with Crippen LogP contribution in [0.4, 0.5) is 4.79 Å². The molecule has 0 radical (unpaired) electrons. The molecule has 0 saturated heterocycles. The second-order valence-electron chi connectivity index (χ2n) is 7.40. The number of nitrogens with one attached hydrogen (secondary N) is 1. The molecule has 136 valence electrons. The molecule has 1 amide bonds. The number of oxime groups is 1. The quantitative estimate of drug-likeness (QED) is 0.778. The maximum atomic E-state index is 12.1. The van der Waals surface area contributed by atoms with Gasteiger partial charge in [-0.05, 0) is 40.0 Å². The standard InChI is InChI=1S/C17H28N2O5/c1-6-7-8-11-13-12(18-16(21)23-17(2,3)4)9-10(15(20)22-5)14(13)24-19-11/h10,12-14H,6-9H2,1-5H3,(H,18,21). The van der Waals surface area contributed by atoms with Crippen LogP contribution in [-0.4, -0.2) is 42.6 Å². The molecule has 2 rings (SSSR count). The van der Waals surface area contributed by atoms with Crippen LogP contribution >= 0.6 is 0 Å². The number of ether oxygens (including phenoxy) is 2. The third kappa shape index (κ3) is 4.19. The van der Waals surface area contributed by atoms with Crippen LogP contribution in [0.5, 0.6) is 0 Å². The number of amides is 1. The second-order valence-corrected chi connectivity index (χ2v) is 7.40. The molecule has 2 aliphatic rings. The van der Waals surface area contributed by atoms with E-state index in [0.717, 1.165) is 25.0 Å². The molecule has 1 N–H and O–H groups in total. The number of nitrogens with zero attached hydrogens (tertiary/aromatic N) is 1. The van der Waals surface area contributed by atoms with Crippen LogP contribution in [0.2, 0.25) is 0 Å². The molecule has 1 aliphatic heterocycles. The van der Waals surface area contributed by atoms with Crippen LogP contribution in [0.25, 0.3) is 0 Å². The van der Waals surface area contributed by atoms with Crippen molar-refractivity contribution in [2.75, 3.05) is 7.11 Å². The summed E-state index contributed by atoms with van der Waals surface area (Å²) in [6.07, 6.45) is 2.45. The van der Waals surface area contributed by atoms with Crippen molar-refractivity contribution in [3.63, 3.8) is 0 Å². The number of carbonyl (C=O) groups excluding carboxylic acids is 2. The highest BCUT2D eigenvalue weighted by molar-refractivity contribution is 5.91. The van der Waals surface area contributed by atoms with Gasteiger partial charge in [0.1, 0.15) is 5.60 Å². The Kier molecular flexibility index (Phi) is 5.72. The van der Waals surface area contributed by atoms with E-state index < -0.39 is 17.6 Å². The predicted octanol–water partition coefficient (Wildman–Crippen LogP) is 2.63. The molecule has 4 atom stereocenters. The number of unbranched alkanes of at least 4 members (excludes halogenated alkanes) is 1. The zero-order valence-electron chi connectivity index (χ0n) is 15.1. The minimum Gasteiger partial charge on any atom is -0.469 e. The average molecular weight is 340 g/mol. The van der Waals surface area contributed by atoms with E-state index in [2.05, 4.69) is 17.4 Å². The minimum atomic E-state index is -0.574. The highest BCUT2D eigenvalue weighted by Crippen LogP contribution is 2.40. The molecule has 1 fully saturated rings. The summed E-state index contributed by atoms with van der Waals surface area (Å²) in [6, 6.07) is -0.243. The summed E-state index contributed by atoms with van der Waals surface area (Å²) in [4.78, 5) is 29.7. The molecule has 24 heavy (non-hydrogen) atoms. The molecule has 7 heteroatoms. The fourth-order valence-corrected chi connectivity index (χ4v) is 3.34. The number of alkyl carbamates (subject to hydrolysis) is 1. The Hall–Kier alpha value is -1.79. The molecule has 1 saturated carbocycles. The minimum absolute atomic E-state index is 0.104. The van der Waals surface area contributed by atoms with Crippen LogP contribution in [0.15, 0.2) is 5.16 Å². The fraction of sp³-hybridized carbons (Fsp3) is 0.824. The highest BCUT2D eigenvalue weighted by atomic mass is 16.6. The predicted molar refractivity (Wildman–Crippen MR) is 88.6 cm³/mol. The summed E-state index contributed by atoms with van der Waals surface area (Å²) in [6.45, 7) is 7.55. The van der Waals surface area contributed by atoms with Crippen LogP contribution in [0.3, 0.4) is 0 Å². The molecular weight excluding hydrogens is 312 g/mol. The van der Waals surface area contributed by atoms with Crippen molar-refractivity contribution in [2.24, 2.45) is 17.0 Å². The number of hydrogen-bond donors (Lipinski definition) is 1. The van der Waals surface area contributed by atoms with E-state index in [-0.39, 0.29) is 24.0 Å². The summed E-state index contributed by atoms with van der Waals surface area (Å²) in [5.41, 5.74) is 0.337. The molecule has 1 heterocycles. The van der Waals surface area contributed by atoms with Crippen molar-refractivity contribution in [1.82, 2.24) is 5.32 Å². The van der Waals surface area contributed by atoms with E-state index in [1.807, 2.05) is 20.8 Å². The van der Waals surface area contributed by atoms with Gasteiger partial charge in [-0.3, -0.25) is 4.79 Å². The van der Waals surface area contributed by atoms with Gasteiger partial charge in [0, 0.05) is 6.04 Å². The largest absolute Gasteiger partial charge is 0.469 e. The number of methoxy groups -OCH3 is 1. The maximum absolute atomic E-state index is 12.1. The molecule has 0 aromatic carbocycles.